The number of benzene rings is 9. The lowest BCUT2D eigenvalue weighted by Crippen LogP contribution is -2.10. The van der Waals surface area contributed by atoms with Crippen LogP contribution in [0.25, 0.3) is 65.7 Å². The quantitative estimate of drug-likeness (QED) is 0.175. The molecule has 1 heteroatoms. The third kappa shape index (κ3) is 5.21. The third-order valence-corrected chi connectivity index (χ3v) is 9.96. The molecule has 0 unspecified atom stereocenters. The molecular weight excluding hydrogens is 603 g/mol. The Hall–Kier alpha value is -6.44. The maximum Gasteiger partial charge on any atom is 0.0540 e. The van der Waals surface area contributed by atoms with Gasteiger partial charge in [-0.15, -0.1) is 0 Å². The van der Waals surface area contributed by atoms with E-state index < -0.39 is 0 Å². The normalized spacial score (nSPS) is 11.3. The monoisotopic (exact) mass is 637 g/mol. The minimum Gasteiger partial charge on any atom is -0.310 e. The number of rotatable bonds is 6. The van der Waals surface area contributed by atoms with E-state index in [1.54, 1.807) is 0 Å². The molecule has 0 atom stereocenters. The van der Waals surface area contributed by atoms with Gasteiger partial charge in [-0.25, -0.2) is 0 Å². The molecule has 9 aromatic carbocycles. The lowest BCUT2D eigenvalue weighted by atomic mass is 9.92. The van der Waals surface area contributed by atoms with Crippen molar-refractivity contribution in [3.05, 3.63) is 200 Å². The van der Waals surface area contributed by atoms with Crippen molar-refractivity contribution < 1.29 is 0 Å². The molecule has 9 rings (SSSR count). The van der Waals surface area contributed by atoms with Gasteiger partial charge in [-0.1, -0.05) is 169 Å². The van der Waals surface area contributed by atoms with Crippen LogP contribution in [0.2, 0.25) is 0 Å². The fourth-order valence-corrected chi connectivity index (χ4v) is 7.50. The summed E-state index contributed by atoms with van der Waals surface area (Å²) in [6, 6.07) is 70.6. The van der Waals surface area contributed by atoms with Crippen LogP contribution < -0.4 is 4.90 Å². The zero-order valence-electron chi connectivity index (χ0n) is 27.9. The largest absolute Gasteiger partial charge is 0.310 e. The van der Waals surface area contributed by atoms with Gasteiger partial charge in [0.05, 0.1) is 5.69 Å². The molecule has 0 aromatic heterocycles. The van der Waals surface area contributed by atoms with Crippen molar-refractivity contribution in [2.75, 3.05) is 4.90 Å². The van der Waals surface area contributed by atoms with Crippen LogP contribution in [0.1, 0.15) is 5.56 Å². The second kappa shape index (κ2) is 12.5. The first-order valence-electron chi connectivity index (χ1n) is 17.3. The Morgan fingerprint density at radius 3 is 1.42 bits per heavy atom. The van der Waals surface area contributed by atoms with Crippen molar-refractivity contribution in [2.24, 2.45) is 0 Å². The fourth-order valence-electron chi connectivity index (χ4n) is 7.50. The van der Waals surface area contributed by atoms with E-state index in [4.69, 9.17) is 0 Å². The summed E-state index contributed by atoms with van der Waals surface area (Å²) in [6.07, 6.45) is 0. The van der Waals surface area contributed by atoms with Gasteiger partial charge in [0.15, 0.2) is 0 Å². The summed E-state index contributed by atoms with van der Waals surface area (Å²) in [4.78, 5) is 2.40. The first kappa shape index (κ1) is 29.7. The zero-order valence-corrected chi connectivity index (χ0v) is 27.9. The molecule has 0 aliphatic carbocycles. The van der Waals surface area contributed by atoms with Gasteiger partial charge in [0.1, 0.15) is 0 Å². The average molecular weight is 638 g/mol. The van der Waals surface area contributed by atoms with Crippen molar-refractivity contribution in [1.29, 1.82) is 0 Å². The Kier molecular flexibility index (Phi) is 7.44. The second-order valence-electron chi connectivity index (χ2n) is 13.0. The summed E-state index contributed by atoms with van der Waals surface area (Å²) >= 11 is 0. The van der Waals surface area contributed by atoms with Crippen LogP contribution in [0, 0.1) is 6.92 Å². The highest BCUT2D eigenvalue weighted by Crippen LogP contribution is 2.44. The molecule has 0 aliphatic heterocycles. The van der Waals surface area contributed by atoms with E-state index in [0.717, 1.165) is 17.1 Å². The van der Waals surface area contributed by atoms with Crippen LogP contribution in [-0.4, -0.2) is 0 Å². The number of aryl methyl sites for hydroxylation is 1. The number of anilines is 3. The average Bonchev–Trinajstić information content (AvgIpc) is 3.19. The van der Waals surface area contributed by atoms with E-state index in [2.05, 4.69) is 206 Å². The van der Waals surface area contributed by atoms with Gasteiger partial charge in [-0.3, -0.25) is 0 Å². The predicted octanol–water partition coefficient (Wildman–Crippen LogP) is 13.9. The molecule has 0 bridgehead atoms. The van der Waals surface area contributed by atoms with Crippen LogP contribution in [0.5, 0.6) is 0 Å². The van der Waals surface area contributed by atoms with Crippen LogP contribution in [0.15, 0.2) is 194 Å². The van der Waals surface area contributed by atoms with Gasteiger partial charge in [-0.2, -0.15) is 0 Å². The molecule has 0 spiro atoms. The molecule has 50 heavy (non-hydrogen) atoms. The van der Waals surface area contributed by atoms with Crippen molar-refractivity contribution in [3.63, 3.8) is 0 Å². The summed E-state index contributed by atoms with van der Waals surface area (Å²) in [6.45, 7) is 2.14. The van der Waals surface area contributed by atoms with E-state index in [0.29, 0.717) is 0 Å². The molecule has 1 nitrogen and oxygen atoms in total. The molecule has 0 saturated carbocycles. The summed E-state index contributed by atoms with van der Waals surface area (Å²) in [5, 5.41) is 7.49. The lowest BCUT2D eigenvalue weighted by Gasteiger charge is -2.28. The summed E-state index contributed by atoms with van der Waals surface area (Å²) in [7, 11) is 0. The lowest BCUT2D eigenvalue weighted by molar-refractivity contribution is 1.29. The maximum absolute atomic E-state index is 2.40. The SMILES string of the molecule is Cc1ccc(N(c2ccc(-c3ccc(-c4ccccc4)c4ccccc34)cc2)c2ccc(-c3cccc4ccccc34)c3ccccc23)cc1. The van der Waals surface area contributed by atoms with Gasteiger partial charge in [0.2, 0.25) is 0 Å². The molecule has 0 aliphatic rings. The molecule has 0 fully saturated rings. The number of hydrogen-bond acceptors (Lipinski definition) is 1. The standard InChI is InChI=1S/C49H35N/c1-34-22-26-38(27-23-34)50(49-33-32-47(46-19-9-10-20-48(46)49)45-21-11-15-36-14-5-6-16-40(36)45)39-28-24-37(25-29-39)42-31-30-41(35-12-3-2-4-13-35)43-17-7-8-18-44(42)43/h2-33H,1H3. The number of hydrogen-bond donors (Lipinski definition) is 0. The van der Waals surface area contributed by atoms with Crippen LogP contribution >= 0.6 is 0 Å². The van der Waals surface area contributed by atoms with Crippen molar-refractivity contribution in [1.82, 2.24) is 0 Å². The first-order valence-corrected chi connectivity index (χ1v) is 17.3. The van der Waals surface area contributed by atoms with E-state index in [-0.39, 0.29) is 0 Å². The van der Waals surface area contributed by atoms with E-state index >= 15 is 0 Å². The van der Waals surface area contributed by atoms with Crippen LogP contribution in [0.4, 0.5) is 17.1 Å². The topological polar surface area (TPSA) is 3.24 Å². The van der Waals surface area contributed by atoms with Gasteiger partial charge < -0.3 is 4.90 Å². The summed E-state index contributed by atoms with van der Waals surface area (Å²) in [5.41, 5.74) is 12.1. The Labute approximate surface area is 293 Å². The molecule has 0 N–H and O–H groups in total. The maximum atomic E-state index is 2.40. The Morgan fingerprint density at radius 2 is 0.760 bits per heavy atom. The van der Waals surface area contributed by atoms with Crippen molar-refractivity contribution in [2.45, 2.75) is 6.92 Å². The highest BCUT2D eigenvalue weighted by molar-refractivity contribution is 6.10. The van der Waals surface area contributed by atoms with Gasteiger partial charge in [0.25, 0.3) is 0 Å². The third-order valence-electron chi connectivity index (χ3n) is 9.96. The van der Waals surface area contributed by atoms with E-state index in [9.17, 15) is 0 Å². The molecule has 0 saturated heterocycles. The highest BCUT2D eigenvalue weighted by Gasteiger charge is 2.18. The van der Waals surface area contributed by atoms with Crippen LogP contribution in [-0.2, 0) is 0 Å². The van der Waals surface area contributed by atoms with Gasteiger partial charge >= 0.3 is 0 Å². The highest BCUT2D eigenvalue weighted by atomic mass is 15.1. The molecule has 9 aromatic rings. The van der Waals surface area contributed by atoms with E-state index in [1.165, 1.54) is 71.3 Å². The van der Waals surface area contributed by atoms with Crippen LogP contribution in [0.3, 0.4) is 0 Å². The minimum absolute atomic E-state index is 1.12. The fraction of sp³-hybridized carbons (Fsp3) is 0.0204. The minimum atomic E-state index is 1.12. The summed E-state index contributed by atoms with van der Waals surface area (Å²) in [5.74, 6) is 0. The Morgan fingerprint density at radius 1 is 0.300 bits per heavy atom. The molecule has 0 heterocycles. The smallest absolute Gasteiger partial charge is 0.0540 e. The van der Waals surface area contributed by atoms with Gasteiger partial charge in [0, 0.05) is 16.8 Å². The summed E-state index contributed by atoms with van der Waals surface area (Å²) < 4.78 is 0. The Balaban J connectivity index is 1.18. The molecule has 236 valence electrons. The van der Waals surface area contributed by atoms with Crippen molar-refractivity contribution in [3.8, 4) is 33.4 Å². The second-order valence-corrected chi connectivity index (χ2v) is 13.0. The zero-order chi connectivity index (χ0) is 33.4. The molecular formula is C49H35N. The Bertz CT molecular complexity index is 2630. The predicted molar refractivity (Wildman–Crippen MR) is 215 cm³/mol. The molecule has 0 radical (unpaired) electrons. The van der Waals surface area contributed by atoms with Crippen molar-refractivity contribution >= 4 is 49.4 Å². The number of nitrogens with zero attached hydrogens (tertiary/aromatic N) is 1. The van der Waals surface area contributed by atoms with Gasteiger partial charge in [-0.05, 0) is 97.6 Å². The first-order chi connectivity index (χ1) is 24.7. The number of fused-ring (bicyclic) bond motifs is 3. The van der Waals surface area contributed by atoms with E-state index in [1.807, 2.05) is 0 Å². The molecule has 0 amide bonds.